The molecule has 1 aromatic heterocycles. The van der Waals surface area contributed by atoms with E-state index in [-0.39, 0.29) is 6.61 Å². The normalized spacial score (nSPS) is 14.5. The summed E-state index contributed by atoms with van der Waals surface area (Å²) in [4.78, 5) is 7.24. The fraction of sp³-hybridized carbons (Fsp3) is 0.348. The average molecular weight is 362 g/mol. The average Bonchev–Trinajstić information content (AvgIpc) is 2.74. The third kappa shape index (κ3) is 3.91. The van der Waals surface area contributed by atoms with E-state index >= 15 is 0 Å². The molecule has 27 heavy (non-hydrogen) atoms. The molecule has 1 aliphatic heterocycles. The number of nitrogens with zero attached hydrogens (tertiary/aromatic N) is 2. The Labute approximate surface area is 160 Å². The van der Waals surface area contributed by atoms with Crippen molar-refractivity contribution in [3.8, 4) is 16.9 Å². The Morgan fingerprint density at radius 1 is 1.00 bits per heavy atom. The fourth-order valence-electron chi connectivity index (χ4n) is 3.79. The zero-order valence-corrected chi connectivity index (χ0v) is 15.6. The van der Waals surface area contributed by atoms with Crippen LogP contribution in [-0.2, 0) is 0 Å². The van der Waals surface area contributed by atoms with Crippen LogP contribution in [0.3, 0.4) is 0 Å². The summed E-state index contributed by atoms with van der Waals surface area (Å²) in [5.41, 5.74) is 4.62. The first-order chi connectivity index (χ1) is 13.4. The molecule has 0 unspecified atom stereocenters. The Morgan fingerprint density at radius 2 is 1.81 bits per heavy atom. The van der Waals surface area contributed by atoms with Crippen molar-refractivity contribution in [2.75, 3.05) is 31.2 Å². The van der Waals surface area contributed by atoms with Gasteiger partial charge in [-0.05, 0) is 43.0 Å². The minimum absolute atomic E-state index is 0.145. The number of fused-ring (bicyclic) bond motifs is 1. The van der Waals surface area contributed by atoms with E-state index in [0.29, 0.717) is 13.0 Å². The van der Waals surface area contributed by atoms with Crippen LogP contribution in [0.15, 0.2) is 54.7 Å². The molecule has 0 atom stereocenters. The lowest BCUT2D eigenvalue weighted by Gasteiger charge is -2.31. The van der Waals surface area contributed by atoms with Gasteiger partial charge in [-0.15, -0.1) is 0 Å². The van der Waals surface area contributed by atoms with Crippen molar-refractivity contribution < 1.29 is 9.84 Å². The number of ether oxygens (including phenoxy) is 1. The number of piperidine rings is 1. The number of hydrogen-bond acceptors (Lipinski definition) is 4. The molecule has 2 heterocycles. The molecule has 0 bridgehead atoms. The van der Waals surface area contributed by atoms with Gasteiger partial charge in [0.2, 0.25) is 0 Å². The lowest BCUT2D eigenvalue weighted by atomic mass is 9.99. The van der Waals surface area contributed by atoms with E-state index in [1.54, 1.807) is 0 Å². The molecule has 2 aromatic carbocycles. The molecular weight excluding hydrogens is 336 g/mol. The summed E-state index contributed by atoms with van der Waals surface area (Å²) in [6.45, 7) is 2.82. The Bertz CT molecular complexity index is 890. The molecule has 1 N–H and O–H groups in total. The summed E-state index contributed by atoms with van der Waals surface area (Å²) in [5.74, 6) is 0.834. The molecule has 4 nitrogen and oxygen atoms in total. The second kappa shape index (κ2) is 8.40. The van der Waals surface area contributed by atoms with Crippen LogP contribution in [0.25, 0.3) is 22.0 Å². The van der Waals surface area contributed by atoms with Gasteiger partial charge in [0.15, 0.2) is 0 Å². The summed E-state index contributed by atoms with van der Waals surface area (Å²) < 4.78 is 5.84. The Hall–Kier alpha value is -2.59. The Balaban J connectivity index is 1.83. The third-order valence-corrected chi connectivity index (χ3v) is 5.14. The van der Waals surface area contributed by atoms with Crippen LogP contribution in [0.2, 0.25) is 0 Å². The molecule has 4 heteroatoms. The van der Waals surface area contributed by atoms with Gasteiger partial charge in [-0.25, -0.2) is 0 Å². The molecular formula is C23H26N2O2. The van der Waals surface area contributed by atoms with Gasteiger partial charge in [-0.1, -0.05) is 30.3 Å². The lowest BCUT2D eigenvalue weighted by Crippen LogP contribution is -2.30. The smallest absolute Gasteiger partial charge is 0.120 e. The van der Waals surface area contributed by atoms with E-state index in [0.717, 1.165) is 29.7 Å². The van der Waals surface area contributed by atoms with Crippen LogP contribution in [0.1, 0.15) is 25.7 Å². The molecule has 1 fully saturated rings. The number of rotatable bonds is 6. The number of aliphatic hydroxyl groups excluding tert-OH is 1. The van der Waals surface area contributed by atoms with Crippen molar-refractivity contribution in [3.63, 3.8) is 0 Å². The monoisotopic (exact) mass is 362 g/mol. The first-order valence-electron chi connectivity index (χ1n) is 9.83. The second-order valence-electron chi connectivity index (χ2n) is 7.04. The maximum Gasteiger partial charge on any atom is 0.120 e. The highest BCUT2D eigenvalue weighted by Gasteiger charge is 2.19. The first kappa shape index (κ1) is 17.8. The predicted octanol–water partition coefficient (Wildman–Crippen LogP) is 4.65. The topological polar surface area (TPSA) is 45.6 Å². The summed E-state index contributed by atoms with van der Waals surface area (Å²) in [5, 5.41) is 10.1. The van der Waals surface area contributed by atoms with Gasteiger partial charge < -0.3 is 14.7 Å². The Morgan fingerprint density at radius 3 is 2.59 bits per heavy atom. The molecule has 4 rings (SSSR count). The van der Waals surface area contributed by atoms with Gasteiger partial charge in [0.1, 0.15) is 5.75 Å². The lowest BCUT2D eigenvalue weighted by molar-refractivity contribution is 0.234. The molecule has 0 aliphatic carbocycles. The van der Waals surface area contributed by atoms with E-state index < -0.39 is 0 Å². The molecule has 1 aliphatic rings. The van der Waals surface area contributed by atoms with Gasteiger partial charge in [-0.3, -0.25) is 4.98 Å². The zero-order chi connectivity index (χ0) is 18.5. The largest absolute Gasteiger partial charge is 0.493 e. The highest BCUT2D eigenvalue weighted by molar-refractivity contribution is 6.00. The van der Waals surface area contributed by atoms with Crippen LogP contribution >= 0.6 is 0 Å². The third-order valence-electron chi connectivity index (χ3n) is 5.14. The van der Waals surface area contributed by atoms with Crippen LogP contribution in [0.5, 0.6) is 5.75 Å². The maximum atomic E-state index is 9.00. The van der Waals surface area contributed by atoms with E-state index in [2.05, 4.69) is 35.2 Å². The van der Waals surface area contributed by atoms with E-state index in [1.807, 2.05) is 24.4 Å². The summed E-state index contributed by atoms with van der Waals surface area (Å²) in [6.07, 6.45) is 6.40. The minimum Gasteiger partial charge on any atom is -0.493 e. The summed E-state index contributed by atoms with van der Waals surface area (Å²) in [6, 6.07) is 16.6. The predicted molar refractivity (Wildman–Crippen MR) is 110 cm³/mol. The summed E-state index contributed by atoms with van der Waals surface area (Å²) in [7, 11) is 0. The highest BCUT2D eigenvalue weighted by Crippen LogP contribution is 2.39. The molecule has 1 saturated heterocycles. The quantitative estimate of drug-likeness (QED) is 0.648. The number of benzene rings is 2. The molecule has 0 spiro atoms. The zero-order valence-electron chi connectivity index (χ0n) is 15.6. The highest BCUT2D eigenvalue weighted by atomic mass is 16.5. The van der Waals surface area contributed by atoms with Crippen LogP contribution in [-0.4, -0.2) is 36.4 Å². The molecule has 0 saturated carbocycles. The first-order valence-corrected chi connectivity index (χ1v) is 9.83. The second-order valence-corrected chi connectivity index (χ2v) is 7.04. The van der Waals surface area contributed by atoms with E-state index in [4.69, 9.17) is 14.8 Å². The number of hydrogen-bond donors (Lipinski definition) is 1. The minimum atomic E-state index is 0.145. The van der Waals surface area contributed by atoms with Crippen LogP contribution in [0.4, 0.5) is 5.69 Å². The number of aromatic nitrogens is 1. The van der Waals surface area contributed by atoms with Crippen molar-refractivity contribution in [2.45, 2.75) is 25.7 Å². The standard InChI is InChI=1S/C23H26N2O2/c26-14-7-15-27-19-10-11-22-20(16-19)23(25-12-5-2-6-13-25)21(17-24-22)18-8-3-1-4-9-18/h1,3-4,8-11,16-17,26H,2,5-7,12-15H2. The van der Waals surface area contributed by atoms with Gasteiger partial charge in [0, 0.05) is 43.3 Å². The number of anilines is 1. The van der Waals surface area contributed by atoms with Crippen molar-refractivity contribution in [1.82, 2.24) is 4.98 Å². The SMILES string of the molecule is OCCCOc1ccc2ncc(-c3ccccc3)c(N3CCCCC3)c2c1. The molecule has 140 valence electrons. The van der Waals surface area contributed by atoms with Gasteiger partial charge in [-0.2, -0.15) is 0 Å². The van der Waals surface area contributed by atoms with Crippen molar-refractivity contribution in [3.05, 3.63) is 54.7 Å². The van der Waals surface area contributed by atoms with Crippen molar-refractivity contribution in [1.29, 1.82) is 0 Å². The van der Waals surface area contributed by atoms with E-state index in [9.17, 15) is 0 Å². The number of pyridine rings is 1. The Kier molecular flexibility index (Phi) is 5.54. The van der Waals surface area contributed by atoms with Crippen LogP contribution in [0, 0.1) is 0 Å². The molecule has 0 amide bonds. The van der Waals surface area contributed by atoms with Gasteiger partial charge in [0.25, 0.3) is 0 Å². The molecule has 3 aromatic rings. The maximum absolute atomic E-state index is 9.00. The van der Waals surface area contributed by atoms with Crippen molar-refractivity contribution in [2.24, 2.45) is 0 Å². The van der Waals surface area contributed by atoms with Crippen molar-refractivity contribution >= 4 is 16.6 Å². The summed E-state index contributed by atoms with van der Waals surface area (Å²) >= 11 is 0. The van der Waals surface area contributed by atoms with E-state index in [1.165, 1.54) is 36.1 Å². The fourth-order valence-corrected chi connectivity index (χ4v) is 3.79. The molecule has 0 radical (unpaired) electrons. The number of aliphatic hydroxyl groups is 1. The van der Waals surface area contributed by atoms with Gasteiger partial charge in [0.05, 0.1) is 17.8 Å². The van der Waals surface area contributed by atoms with Crippen LogP contribution < -0.4 is 9.64 Å². The van der Waals surface area contributed by atoms with Gasteiger partial charge >= 0.3 is 0 Å².